The Hall–Kier alpha value is 0.0300. The Morgan fingerprint density at radius 1 is 1.58 bits per heavy atom. The van der Waals surface area contributed by atoms with Crippen LogP contribution in [0.5, 0.6) is 0 Å². The van der Waals surface area contributed by atoms with Crippen molar-refractivity contribution in [1.82, 2.24) is 0 Å². The molecule has 1 N–H and O–H groups in total. The van der Waals surface area contributed by atoms with Gasteiger partial charge in [-0.3, -0.25) is 0 Å². The van der Waals surface area contributed by atoms with Crippen molar-refractivity contribution >= 4 is 7.82 Å². The molecule has 12 heavy (non-hydrogen) atoms. The molecule has 0 aromatic carbocycles. The molecule has 0 aliphatic carbocycles. The molecule has 0 aromatic rings. The summed E-state index contributed by atoms with van der Waals surface area (Å²) in [6, 6.07) is 0. The topological polar surface area (TPSA) is 102 Å². The Balaban J connectivity index is 2.21. The van der Waals surface area contributed by atoms with Crippen molar-refractivity contribution in [1.29, 1.82) is 0 Å². The third-order valence-electron chi connectivity index (χ3n) is 1.50. The summed E-state index contributed by atoms with van der Waals surface area (Å²) in [6.45, 7) is -0.304. The summed E-state index contributed by atoms with van der Waals surface area (Å²) < 4.78 is 18.8. The van der Waals surface area contributed by atoms with Gasteiger partial charge in [-0.15, -0.1) is 0 Å². The van der Waals surface area contributed by atoms with Crippen molar-refractivity contribution < 1.29 is 28.7 Å². The molecule has 72 valence electrons. The molecule has 1 unspecified atom stereocenters. The summed E-state index contributed by atoms with van der Waals surface area (Å²) >= 11 is 0. The first kappa shape index (κ1) is 10.1. The fourth-order valence-corrected chi connectivity index (χ4v) is 1.33. The summed E-state index contributed by atoms with van der Waals surface area (Å²) in [6.07, 6.45) is -0.412. The molecule has 1 fully saturated rings. The lowest BCUT2D eigenvalue weighted by atomic mass is 10.2. The molecule has 0 spiro atoms. The average molecular weight is 196 g/mol. The van der Waals surface area contributed by atoms with Gasteiger partial charge in [-0.05, 0) is 6.42 Å². The van der Waals surface area contributed by atoms with Gasteiger partial charge >= 0.3 is 0 Å². The molecule has 0 bridgehead atoms. The predicted octanol–water partition coefficient (Wildman–Crippen LogP) is -1.67. The minimum absolute atomic E-state index is 0.304. The van der Waals surface area contributed by atoms with Gasteiger partial charge in [0, 0.05) is 6.42 Å². The predicted molar refractivity (Wildman–Crippen MR) is 33.7 cm³/mol. The van der Waals surface area contributed by atoms with Gasteiger partial charge in [-0.1, -0.05) is 0 Å². The van der Waals surface area contributed by atoms with E-state index in [0.717, 1.165) is 0 Å². The van der Waals surface area contributed by atoms with Crippen LogP contribution in [0.3, 0.4) is 0 Å². The lowest BCUT2D eigenvalue weighted by Gasteiger charge is -2.29. The summed E-state index contributed by atoms with van der Waals surface area (Å²) in [5.41, 5.74) is 0. The molecule has 1 aliphatic rings. The third kappa shape index (κ3) is 3.62. The van der Waals surface area contributed by atoms with Gasteiger partial charge in [0.2, 0.25) is 0 Å². The lowest BCUT2D eigenvalue weighted by Crippen LogP contribution is -2.22. The highest BCUT2D eigenvalue weighted by Crippen LogP contribution is 2.27. The maximum absolute atomic E-state index is 10.0. The number of hydrogen-bond donors (Lipinski definition) is 1. The summed E-state index contributed by atoms with van der Waals surface area (Å²) in [4.78, 5) is 20.0. The van der Waals surface area contributed by atoms with Crippen LogP contribution in [-0.2, 0) is 13.8 Å². The van der Waals surface area contributed by atoms with Crippen LogP contribution in [0.15, 0.2) is 0 Å². The van der Waals surface area contributed by atoms with Crippen molar-refractivity contribution in [2.24, 2.45) is 0 Å². The smallest absolute Gasteiger partial charge is 0.155 e. The Morgan fingerprint density at radius 3 is 2.67 bits per heavy atom. The van der Waals surface area contributed by atoms with Crippen molar-refractivity contribution in [3.05, 3.63) is 0 Å². The number of aliphatic hydroxyl groups is 1. The molecule has 1 saturated heterocycles. The van der Waals surface area contributed by atoms with E-state index in [0.29, 0.717) is 12.8 Å². The molecule has 1 rings (SSSR count). The summed E-state index contributed by atoms with van der Waals surface area (Å²) in [5, 5.41) is 8.83. The van der Waals surface area contributed by atoms with Gasteiger partial charge in [-0.2, -0.15) is 0 Å². The van der Waals surface area contributed by atoms with E-state index in [9.17, 15) is 14.4 Å². The highest BCUT2D eigenvalue weighted by atomic mass is 31.2. The van der Waals surface area contributed by atoms with E-state index in [1.165, 1.54) is 0 Å². The zero-order valence-corrected chi connectivity index (χ0v) is 7.11. The van der Waals surface area contributed by atoms with Gasteiger partial charge in [0.05, 0.1) is 20.5 Å². The number of phosphoric ester groups is 1. The number of hydrogen-bond acceptors (Lipinski definition) is 6. The fourth-order valence-electron chi connectivity index (χ4n) is 0.984. The molecule has 0 radical (unpaired) electrons. The number of aliphatic hydroxyl groups excluding tert-OH is 1. The standard InChI is InChI=1S/C5H11O6P/c6-5-2-1-4(11-5)3-10-12(7,8)9/h4-6H,1-3H2,(H2,7,8,9)/p-2/t4-,5?/m0/s1. The quantitative estimate of drug-likeness (QED) is 0.541. The largest absolute Gasteiger partial charge is 0.790 e. The van der Waals surface area contributed by atoms with Crippen LogP contribution >= 0.6 is 7.82 Å². The van der Waals surface area contributed by atoms with Crippen LogP contribution < -0.4 is 9.79 Å². The van der Waals surface area contributed by atoms with Crippen LogP contribution in [0.1, 0.15) is 12.8 Å². The van der Waals surface area contributed by atoms with Crippen LogP contribution in [0.4, 0.5) is 0 Å². The molecule has 0 aromatic heterocycles. The monoisotopic (exact) mass is 196 g/mol. The normalized spacial score (nSPS) is 30.9. The van der Waals surface area contributed by atoms with Crippen LogP contribution in [0, 0.1) is 0 Å². The van der Waals surface area contributed by atoms with Crippen LogP contribution in [0.2, 0.25) is 0 Å². The lowest BCUT2D eigenvalue weighted by molar-refractivity contribution is -0.343. The van der Waals surface area contributed by atoms with Gasteiger partial charge in [0.15, 0.2) is 6.29 Å². The molecular weight excluding hydrogens is 187 g/mol. The molecule has 0 saturated carbocycles. The maximum atomic E-state index is 10.0. The van der Waals surface area contributed by atoms with E-state index in [1.54, 1.807) is 0 Å². The summed E-state index contributed by atoms with van der Waals surface area (Å²) in [7, 11) is -4.90. The summed E-state index contributed by atoms with van der Waals surface area (Å²) in [5.74, 6) is 0. The molecule has 2 atom stereocenters. The van der Waals surface area contributed by atoms with Gasteiger partial charge < -0.3 is 28.7 Å². The van der Waals surface area contributed by atoms with Crippen LogP contribution in [0.25, 0.3) is 0 Å². The average Bonchev–Trinajstić information content (AvgIpc) is 2.30. The first-order valence-corrected chi connectivity index (χ1v) is 4.93. The van der Waals surface area contributed by atoms with Crippen molar-refractivity contribution in [2.45, 2.75) is 25.2 Å². The van der Waals surface area contributed by atoms with Crippen LogP contribution in [-0.4, -0.2) is 24.1 Å². The van der Waals surface area contributed by atoms with Gasteiger partial charge in [0.1, 0.15) is 0 Å². The van der Waals surface area contributed by atoms with E-state index in [-0.39, 0.29) is 6.61 Å². The number of rotatable bonds is 3. The minimum Gasteiger partial charge on any atom is -0.790 e. The molecule has 0 amide bonds. The van der Waals surface area contributed by atoms with Crippen molar-refractivity contribution in [3.63, 3.8) is 0 Å². The minimum atomic E-state index is -4.90. The SMILES string of the molecule is O=P([O-])([O-])OC[C@@H]1CCC(O)O1. The van der Waals surface area contributed by atoms with E-state index < -0.39 is 20.2 Å². The molecule has 6 nitrogen and oxygen atoms in total. The second-order valence-electron chi connectivity index (χ2n) is 2.53. The van der Waals surface area contributed by atoms with Gasteiger partial charge in [-0.25, -0.2) is 0 Å². The Bertz CT molecular complexity index is 188. The highest BCUT2D eigenvalue weighted by molar-refractivity contribution is 7.43. The Labute approximate surface area is 69.4 Å². The van der Waals surface area contributed by atoms with E-state index >= 15 is 0 Å². The Kier molecular flexibility index (Phi) is 3.22. The molecule has 1 heterocycles. The van der Waals surface area contributed by atoms with Crippen molar-refractivity contribution in [2.75, 3.05) is 6.61 Å². The first-order chi connectivity index (χ1) is 5.47. The third-order valence-corrected chi connectivity index (χ3v) is 1.97. The number of phosphoric acid groups is 1. The second-order valence-corrected chi connectivity index (χ2v) is 3.69. The maximum Gasteiger partial charge on any atom is 0.155 e. The molecule has 7 heteroatoms. The van der Waals surface area contributed by atoms with E-state index in [4.69, 9.17) is 9.84 Å². The Morgan fingerprint density at radius 2 is 2.25 bits per heavy atom. The highest BCUT2D eigenvalue weighted by Gasteiger charge is 2.23. The van der Waals surface area contributed by atoms with Gasteiger partial charge in [0.25, 0.3) is 0 Å². The first-order valence-electron chi connectivity index (χ1n) is 3.47. The fraction of sp³-hybridized carbons (Fsp3) is 1.00. The molecule has 1 aliphatic heterocycles. The molecular formula is C5H9O6P-2. The van der Waals surface area contributed by atoms with Crippen molar-refractivity contribution in [3.8, 4) is 0 Å². The van der Waals surface area contributed by atoms with E-state index in [2.05, 4.69) is 4.52 Å². The second kappa shape index (κ2) is 3.83. The van der Waals surface area contributed by atoms with E-state index in [1.807, 2.05) is 0 Å². The zero-order valence-electron chi connectivity index (χ0n) is 6.21. The number of ether oxygens (including phenoxy) is 1. The zero-order chi connectivity index (χ0) is 9.19.